The molecule has 2 N–H and O–H groups in total. The molecule has 0 unspecified atom stereocenters. The highest BCUT2D eigenvalue weighted by Gasteiger charge is 2.41. The van der Waals surface area contributed by atoms with Gasteiger partial charge >= 0.3 is 5.69 Å². The predicted molar refractivity (Wildman–Crippen MR) is 75.7 cm³/mol. The van der Waals surface area contributed by atoms with E-state index >= 15 is 0 Å². The highest BCUT2D eigenvalue weighted by Crippen LogP contribution is 2.36. The Kier molecular flexibility index (Phi) is 2.42. The fourth-order valence-electron chi connectivity index (χ4n) is 2.04. The Morgan fingerprint density at radius 3 is 2.74 bits per heavy atom. The molecule has 1 aromatic heterocycles. The van der Waals surface area contributed by atoms with Gasteiger partial charge in [-0.1, -0.05) is 0 Å². The zero-order chi connectivity index (χ0) is 13.8. The molecule has 106 valence electrons. The van der Waals surface area contributed by atoms with Crippen LogP contribution >= 0.6 is 0 Å². The van der Waals surface area contributed by atoms with E-state index in [1.165, 1.54) is 16.7 Å². The van der Waals surface area contributed by atoms with Gasteiger partial charge in [-0.2, -0.15) is 0 Å². The molecule has 1 aliphatic carbocycles. The molecule has 19 heavy (non-hydrogen) atoms. The van der Waals surface area contributed by atoms with E-state index in [0.717, 1.165) is 12.8 Å². The molecule has 0 amide bonds. The molecule has 1 aliphatic rings. The molecular formula is C12H19N3O3S. The summed E-state index contributed by atoms with van der Waals surface area (Å²) in [5, 5.41) is 0. The van der Waals surface area contributed by atoms with Crippen molar-refractivity contribution in [1.29, 1.82) is 0 Å². The minimum atomic E-state index is -3.53. The number of nitrogens with one attached hydrogen (secondary N) is 2. The van der Waals surface area contributed by atoms with Crippen LogP contribution in [0.1, 0.15) is 22.6 Å². The maximum absolute atomic E-state index is 12.2. The highest BCUT2D eigenvalue weighted by molar-refractivity contribution is 7.89. The Labute approximate surface area is 113 Å². The number of imidazole rings is 1. The molecule has 0 spiro atoms. The maximum Gasteiger partial charge on any atom is 0.326 e. The van der Waals surface area contributed by atoms with Crippen LogP contribution in [-0.2, 0) is 17.1 Å². The number of aromatic nitrogens is 2. The number of aromatic amines is 1. The second-order valence-corrected chi connectivity index (χ2v) is 7.02. The van der Waals surface area contributed by atoms with Crippen LogP contribution in [-0.4, -0.2) is 23.5 Å². The number of H-pyrrole nitrogens is 1. The van der Waals surface area contributed by atoms with Crippen molar-refractivity contribution < 1.29 is 11.3 Å². The van der Waals surface area contributed by atoms with Gasteiger partial charge in [0.2, 0.25) is 10.0 Å². The lowest BCUT2D eigenvalue weighted by molar-refractivity contribution is 0.558. The molecule has 3 rings (SSSR count). The fourth-order valence-corrected chi connectivity index (χ4v) is 3.53. The number of sulfonamides is 1. The van der Waals surface area contributed by atoms with Crippen LogP contribution in [0.2, 0.25) is 0 Å². The lowest BCUT2D eigenvalue weighted by Gasteiger charge is -2.12. The number of benzene rings is 1. The summed E-state index contributed by atoms with van der Waals surface area (Å²) in [6, 6.07) is 4.63. The third-order valence-electron chi connectivity index (χ3n) is 3.57. The summed E-state index contributed by atoms with van der Waals surface area (Å²) in [7, 11) is -1.93. The van der Waals surface area contributed by atoms with Gasteiger partial charge in [-0.15, -0.1) is 0 Å². The van der Waals surface area contributed by atoms with E-state index in [4.69, 9.17) is 0 Å². The number of rotatable bonds is 3. The predicted octanol–water partition coefficient (Wildman–Crippen LogP) is 1.19. The Balaban J connectivity index is 0.00000110. The Morgan fingerprint density at radius 1 is 1.42 bits per heavy atom. The van der Waals surface area contributed by atoms with Gasteiger partial charge < -0.3 is 4.98 Å². The smallest absolute Gasteiger partial charge is 0.306 e. The van der Waals surface area contributed by atoms with E-state index in [0.29, 0.717) is 11.0 Å². The maximum atomic E-state index is 12.2. The van der Waals surface area contributed by atoms with Crippen molar-refractivity contribution in [1.82, 2.24) is 14.3 Å². The van der Waals surface area contributed by atoms with Crippen molar-refractivity contribution in [3.63, 3.8) is 0 Å². The zero-order valence-corrected chi connectivity index (χ0v) is 11.5. The van der Waals surface area contributed by atoms with Gasteiger partial charge in [-0.05, 0) is 38.0 Å². The van der Waals surface area contributed by atoms with E-state index in [9.17, 15) is 13.2 Å². The molecular weight excluding hydrogens is 266 g/mol. The van der Waals surface area contributed by atoms with E-state index in [-0.39, 0.29) is 19.0 Å². The Morgan fingerprint density at radius 2 is 2.11 bits per heavy atom. The summed E-state index contributed by atoms with van der Waals surface area (Å²) in [6.45, 7) is 1.88. The highest BCUT2D eigenvalue weighted by atomic mass is 32.2. The molecule has 2 aromatic rings. The molecule has 0 atom stereocenters. The molecule has 1 fully saturated rings. The van der Waals surface area contributed by atoms with E-state index in [2.05, 4.69) is 9.71 Å². The number of fused-ring (bicyclic) bond motifs is 1. The molecule has 0 bridgehead atoms. The van der Waals surface area contributed by atoms with Crippen LogP contribution < -0.4 is 10.4 Å². The van der Waals surface area contributed by atoms with Crippen LogP contribution in [0, 0.1) is 0 Å². The van der Waals surface area contributed by atoms with Crippen LogP contribution in [0.5, 0.6) is 0 Å². The van der Waals surface area contributed by atoms with E-state index < -0.39 is 10.0 Å². The standard InChI is InChI=1S/C12H15N3O3S.2H2/c1-12(5-6-12)14-19(17,18)8-3-4-9-10(7-8)15(2)11(16)13-9;;/h3-4,7,14H,5-6H2,1-2H3,(H,13,16);2*1H. The topological polar surface area (TPSA) is 84.0 Å². The van der Waals surface area contributed by atoms with Crippen LogP contribution in [0.4, 0.5) is 0 Å². The third-order valence-corrected chi connectivity index (χ3v) is 5.20. The van der Waals surface area contributed by atoms with Gasteiger partial charge in [-0.3, -0.25) is 4.57 Å². The van der Waals surface area contributed by atoms with Gasteiger partial charge in [0.25, 0.3) is 0 Å². The third kappa shape index (κ3) is 2.08. The van der Waals surface area contributed by atoms with Gasteiger partial charge in [-0.25, -0.2) is 17.9 Å². The van der Waals surface area contributed by atoms with Crippen molar-refractivity contribution in [2.75, 3.05) is 0 Å². The van der Waals surface area contributed by atoms with Crippen molar-refractivity contribution in [2.24, 2.45) is 7.05 Å². The summed E-state index contributed by atoms with van der Waals surface area (Å²) in [6.07, 6.45) is 1.72. The van der Waals surface area contributed by atoms with Crippen molar-refractivity contribution >= 4 is 21.1 Å². The largest absolute Gasteiger partial charge is 0.326 e. The SMILES string of the molecule is Cn1c(=O)[nH]c2ccc(S(=O)(=O)NC3(C)CC3)cc21.[HH].[HH]. The Hall–Kier alpha value is -1.60. The number of hydrogen-bond acceptors (Lipinski definition) is 3. The normalized spacial score (nSPS) is 17.8. The Bertz CT molecular complexity index is 822. The first-order valence-corrected chi connectivity index (χ1v) is 7.52. The summed E-state index contributed by atoms with van der Waals surface area (Å²) in [4.78, 5) is 14.3. The summed E-state index contributed by atoms with van der Waals surface area (Å²) >= 11 is 0. The lowest BCUT2D eigenvalue weighted by atomic mass is 10.3. The molecule has 1 saturated carbocycles. The fraction of sp³-hybridized carbons (Fsp3) is 0.417. The average molecular weight is 285 g/mol. The van der Waals surface area contributed by atoms with Crippen LogP contribution in [0.15, 0.2) is 27.9 Å². The molecule has 0 aliphatic heterocycles. The first-order chi connectivity index (χ1) is 8.81. The van der Waals surface area contributed by atoms with E-state index in [1.807, 2.05) is 6.92 Å². The van der Waals surface area contributed by atoms with Crippen molar-refractivity contribution in [2.45, 2.75) is 30.2 Å². The molecule has 0 radical (unpaired) electrons. The minimum absolute atomic E-state index is 0. The summed E-state index contributed by atoms with van der Waals surface area (Å²) < 4.78 is 28.6. The minimum Gasteiger partial charge on any atom is -0.306 e. The zero-order valence-electron chi connectivity index (χ0n) is 10.7. The molecule has 0 saturated heterocycles. The second kappa shape index (κ2) is 3.71. The van der Waals surface area contributed by atoms with Gasteiger partial charge in [0.1, 0.15) is 0 Å². The summed E-state index contributed by atoms with van der Waals surface area (Å²) in [5.41, 5.74) is 0.641. The van der Waals surface area contributed by atoms with Crippen LogP contribution in [0.3, 0.4) is 0 Å². The first kappa shape index (κ1) is 12.4. The number of nitrogens with zero attached hydrogens (tertiary/aromatic N) is 1. The first-order valence-electron chi connectivity index (χ1n) is 6.04. The quantitative estimate of drug-likeness (QED) is 0.888. The van der Waals surface area contributed by atoms with Crippen molar-refractivity contribution in [3.8, 4) is 0 Å². The molecule has 1 heterocycles. The van der Waals surface area contributed by atoms with Gasteiger partial charge in [0.05, 0.1) is 15.9 Å². The van der Waals surface area contributed by atoms with Crippen LogP contribution in [0.25, 0.3) is 11.0 Å². The molecule has 7 heteroatoms. The van der Waals surface area contributed by atoms with Crippen molar-refractivity contribution in [3.05, 3.63) is 28.7 Å². The number of aryl methyl sites for hydroxylation is 1. The molecule has 6 nitrogen and oxygen atoms in total. The average Bonchev–Trinajstić information content (AvgIpc) is 2.97. The summed E-state index contributed by atoms with van der Waals surface area (Å²) in [5.74, 6) is 0. The number of hydrogen-bond donors (Lipinski definition) is 2. The van der Waals surface area contributed by atoms with Gasteiger partial charge in [0.15, 0.2) is 0 Å². The monoisotopic (exact) mass is 285 g/mol. The van der Waals surface area contributed by atoms with Gasteiger partial charge in [0, 0.05) is 15.4 Å². The van der Waals surface area contributed by atoms with E-state index in [1.54, 1.807) is 13.1 Å². The molecule has 1 aromatic carbocycles. The second-order valence-electron chi connectivity index (χ2n) is 5.33. The lowest BCUT2D eigenvalue weighted by Crippen LogP contribution is -2.34.